The van der Waals surface area contributed by atoms with E-state index in [1.807, 2.05) is 0 Å². The topological polar surface area (TPSA) is 20.2 Å². The molecule has 0 amide bonds. The van der Waals surface area contributed by atoms with Crippen LogP contribution in [0.3, 0.4) is 0 Å². The molecule has 2 aromatic rings. The number of benzene rings is 2. The third-order valence-corrected chi connectivity index (χ3v) is 3.68. The Bertz CT molecular complexity index is 644. The zero-order valence-electron chi connectivity index (χ0n) is 10.6. The van der Waals surface area contributed by atoms with Crippen LogP contribution >= 0.6 is 23.2 Å². The molecule has 0 aromatic heterocycles. The number of aryl methyl sites for hydroxylation is 1. The first-order valence-electron chi connectivity index (χ1n) is 5.96. The van der Waals surface area contributed by atoms with Crippen LogP contribution in [0.2, 0.25) is 10.0 Å². The van der Waals surface area contributed by atoms with Crippen LogP contribution in [0, 0.1) is 18.6 Å². The third kappa shape index (κ3) is 3.11. The molecule has 0 heterocycles. The summed E-state index contributed by atoms with van der Waals surface area (Å²) in [5.74, 6) is -1.97. The predicted octanol–water partition coefficient (Wildman–Crippen LogP) is 4.86. The van der Waals surface area contributed by atoms with E-state index in [9.17, 15) is 13.9 Å². The quantitative estimate of drug-likeness (QED) is 0.857. The molecule has 1 unspecified atom stereocenters. The van der Waals surface area contributed by atoms with Crippen molar-refractivity contribution < 1.29 is 13.9 Å². The molecular weight excluding hydrogens is 305 g/mol. The summed E-state index contributed by atoms with van der Waals surface area (Å²) in [5.41, 5.74) is 0.728. The van der Waals surface area contributed by atoms with Crippen molar-refractivity contribution >= 4 is 23.2 Å². The van der Waals surface area contributed by atoms with Crippen molar-refractivity contribution in [1.29, 1.82) is 0 Å². The molecule has 0 fully saturated rings. The Morgan fingerprint density at radius 3 is 2.45 bits per heavy atom. The third-order valence-electron chi connectivity index (χ3n) is 3.09. The molecule has 0 aliphatic carbocycles. The molecule has 20 heavy (non-hydrogen) atoms. The zero-order valence-corrected chi connectivity index (χ0v) is 12.1. The van der Waals surface area contributed by atoms with Gasteiger partial charge in [0.15, 0.2) is 11.6 Å². The molecule has 0 saturated carbocycles. The molecule has 0 spiro atoms. The second-order valence-electron chi connectivity index (χ2n) is 4.56. The minimum atomic E-state index is -1.18. The number of aliphatic hydroxyl groups is 1. The van der Waals surface area contributed by atoms with Gasteiger partial charge in [0.1, 0.15) is 0 Å². The Labute approximate surface area is 125 Å². The highest BCUT2D eigenvalue weighted by Crippen LogP contribution is 2.28. The summed E-state index contributed by atoms with van der Waals surface area (Å²) in [6.45, 7) is 1.46. The van der Waals surface area contributed by atoms with Gasteiger partial charge in [0.25, 0.3) is 0 Å². The summed E-state index contributed by atoms with van der Waals surface area (Å²) in [6.07, 6.45) is -1.10. The van der Waals surface area contributed by atoms with E-state index in [0.29, 0.717) is 15.6 Å². The normalized spacial score (nSPS) is 12.5. The summed E-state index contributed by atoms with van der Waals surface area (Å²) >= 11 is 11.8. The lowest BCUT2D eigenvalue weighted by molar-refractivity contribution is 0.172. The second kappa shape index (κ2) is 6.08. The summed E-state index contributed by atoms with van der Waals surface area (Å²) < 4.78 is 27.3. The molecule has 106 valence electrons. The van der Waals surface area contributed by atoms with Crippen LogP contribution < -0.4 is 0 Å². The van der Waals surface area contributed by atoms with Gasteiger partial charge in [-0.1, -0.05) is 41.4 Å². The van der Waals surface area contributed by atoms with Crippen molar-refractivity contribution in [3.63, 3.8) is 0 Å². The number of hydrogen-bond acceptors (Lipinski definition) is 1. The number of hydrogen-bond donors (Lipinski definition) is 1. The molecule has 0 aliphatic rings. The molecule has 0 radical (unpaired) electrons. The first-order valence-corrected chi connectivity index (χ1v) is 6.72. The minimum Gasteiger partial charge on any atom is -0.388 e. The van der Waals surface area contributed by atoms with Crippen LogP contribution in [0.25, 0.3) is 0 Å². The lowest BCUT2D eigenvalue weighted by Crippen LogP contribution is -2.07. The maximum Gasteiger partial charge on any atom is 0.164 e. The van der Waals surface area contributed by atoms with Gasteiger partial charge in [-0.15, -0.1) is 0 Å². The second-order valence-corrected chi connectivity index (χ2v) is 5.40. The van der Waals surface area contributed by atoms with Crippen molar-refractivity contribution in [2.75, 3.05) is 0 Å². The Hall–Kier alpha value is -1.16. The minimum absolute atomic E-state index is 0.0788. The van der Waals surface area contributed by atoms with Gasteiger partial charge in [-0.3, -0.25) is 0 Å². The highest BCUT2D eigenvalue weighted by molar-refractivity contribution is 6.35. The van der Waals surface area contributed by atoms with Gasteiger partial charge >= 0.3 is 0 Å². The van der Waals surface area contributed by atoms with E-state index < -0.39 is 17.7 Å². The van der Waals surface area contributed by atoms with E-state index in [4.69, 9.17) is 23.2 Å². The van der Waals surface area contributed by atoms with Gasteiger partial charge < -0.3 is 5.11 Å². The van der Waals surface area contributed by atoms with E-state index >= 15 is 0 Å². The molecule has 0 aliphatic heterocycles. The maximum absolute atomic E-state index is 13.8. The molecule has 0 saturated heterocycles. The Balaban J connectivity index is 2.28. The lowest BCUT2D eigenvalue weighted by atomic mass is 9.99. The highest BCUT2D eigenvalue weighted by Gasteiger charge is 2.19. The van der Waals surface area contributed by atoms with Crippen LogP contribution in [0.5, 0.6) is 0 Å². The molecule has 2 rings (SSSR count). The Morgan fingerprint density at radius 1 is 1.10 bits per heavy atom. The SMILES string of the molecule is Cc1ccc(C(O)Cc2ccc(Cl)cc2Cl)c(F)c1F. The summed E-state index contributed by atoms with van der Waals surface area (Å²) in [7, 11) is 0. The zero-order chi connectivity index (χ0) is 14.9. The van der Waals surface area contributed by atoms with E-state index in [0.717, 1.165) is 0 Å². The molecule has 5 heteroatoms. The summed E-state index contributed by atoms with van der Waals surface area (Å²) in [4.78, 5) is 0. The van der Waals surface area contributed by atoms with E-state index in [2.05, 4.69) is 0 Å². The van der Waals surface area contributed by atoms with Crippen molar-refractivity contribution in [3.8, 4) is 0 Å². The maximum atomic E-state index is 13.8. The fraction of sp³-hybridized carbons (Fsp3) is 0.200. The first-order chi connectivity index (χ1) is 9.40. The monoisotopic (exact) mass is 316 g/mol. The van der Waals surface area contributed by atoms with Crippen LogP contribution in [0.1, 0.15) is 22.8 Å². The van der Waals surface area contributed by atoms with Crippen molar-refractivity contribution in [2.24, 2.45) is 0 Å². The summed E-state index contributed by atoms with van der Waals surface area (Å²) in [5, 5.41) is 10.9. The number of rotatable bonds is 3. The van der Waals surface area contributed by atoms with Gasteiger partial charge in [-0.2, -0.15) is 0 Å². The average molecular weight is 317 g/mol. The van der Waals surface area contributed by atoms with Crippen LogP contribution in [0.4, 0.5) is 8.78 Å². The van der Waals surface area contributed by atoms with Crippen LogP contribution in [-0.2, 0) is 6.42 Å². The Kier molecular flexibility index (Phi) is 4.63. The van der Waals surface area contributed by atoms with Crippen molar-refractivity contribution in [2.45, 2.75) is 19.4 Å². The predicted molar refractivity (Wildman–Crippen MR) is 76.2 cm³/mol. The molecule has 0 bridgehead atoms. The average Bonchev–Trinajstić information content (AvgIpc) is 2.39. The highest BCUT2D eigenvalue weighted by atomic mass is 35.5. The van der Waals surface area contributed by atoms with E-state index in [1.54, 1.807) is 12.1 Å². The van der Waals surface area contributed by atoms with E-state index in [1.165, 1.54) is 25.1 Å². The van der Waals surface area contributed by atoms with Gasteiger partial charge in [0.05, 0.1) is 6.10 Å². The van der Waals surface area contributed by atoms with Gasteiger partial charge in [-0.25, -0.2) is 8.78 Å². The van der Waals surface area contributed by atoms with E-state index in [-0.39, 0.29) is 17.5 Å². The smallest absolute Gasteiger partial charge is 0.164 e. The Morgan fingerprint density at radius 2 is 1.80 bits per heavy atom. The largest absolute Gasteiger partial charge is 0.388 e. The first kappa shape index (κ1) is 15.2. The van der Waals surface area contributed by atoms with Crippen molar-refractivity contribution in [1.82, 2.24) is 0 Å². The van der Waals surface area contributed by atoms with Gasteiger partial charge in [0.2, 0.25) is 0 Å². The lowest BCUT2D eigenvalue weighted by Gasteiger charge is -2.14. The number of aliphatic hydroxyl groups excluding tert-OH is 1. The van der Waals surface area contributed by atoms with Crippen LogP contribution in [-0.4, -0.2) is 5.11 Å². The molecule has 1 atom stereocenters. The standard InChI is InChI=1S/C15H12Cl2F2O/c1-8-2-5-11(15(19)14(8)18)13(20)6-9-3-4-10(16)7-12(9)17/h2-5,7,13,20H,6H2,1H3. The molecule has 1 nitrogen and oxygen atoms in total. The van der Waals surface area contributed by atoms with Crippen molar-refractivity contribution in [3.05, 3.63) is 68.7 Å². The summed E-state index contributed by atoms with van der Waals surface area (Å²) in [6, 6.07) is 7.62. The molecular formula is C15H12Cl2F2O. The van der Waals surface area contributed by atoms with Crippen LogP contribution in [0.15, 0.2) is 30.3 Å². The molecule has 2 aromatic carbocycles. The fourth-order valence-electron chi connectivity index (χ4n) is 1.92. The molecule has 1 N–H and O–H groups in total. The number of halogens is 4. The van der Waals surface area contributed by atoms with Gasteiger partial charge in [0, 0.05) is 22.0 Å². The van der Waals surface area contributed by atoms with Gasteiger partial charge in [-0.05, 0) is 30.2 Å². The fourth-order valence-corrected chi connectivity index (χ4v) is 2.41.